The Labute approximate surface area is 99.0 Å². The maximum Gasteiger partial charge on any atom is 0.130 e. The Balaban J connectivity index is 2.51. The van der Waals surface area contributed by atoms with Crippen molar-refractivity contribution < 1.29 is 0 Å². The van der Waals surface area contributed by atoms with Crippen LogP contribution >= 0.6 is 31.9 Å². The first kappa shape index (κ1) is 9.98. The molecule has 0 amide bonds. The lowest BCUT2D eigenvalue weighted by Gasteiger charge is -2.08. The van der Waals surface area contributed by atoms with Crippen molar-refractivity contribution in [3.63, 3.8) is 0 Å². The molecule has 5 heteroatoms. The summed E-state index contributed by atoms with van der Waals surface area (Å²) in [5.74, 6) is 0.879. The molecule has 0 saturated carbocycles. The number of nitrogens with one attached hydrogen (secondary N) is 1. The number of benzene rings is 1. The molecule has 0 spiro atoms. The molecule has 0 atom stereocenters. The van der Waals surface area contributed by atoms with Gasteiger partial charge in [-0.05, 0) is 28.1 Å². The molecule has 74 valence electrons. The zero-order valence-electron chi connectivity index (χ0n) is 7.35. The molecule has 3 nitrogen and oxygen atoms in total. The van der Waals surface area contributed by atoms with Crippen LogP contribution in [0, 0.1) is 0 Å². The largest absolute Gasteiger partial charge is 0.397 e. The highest BCUT2D eigenvalue weighted by Crippen LogP contribution is 2.28. The predicted octanol–water partition coefficient (Wildman–Crippen LogP) is 2.14. The summed E-state index contributed by atoms with van der Waals surface area (Å²) in [4.78, 5) is 4.33. The lowest BCUT2D eigenvalue weighted by Crippen LogP contribution is -2.20. The molecule has 2 rings (SSSR count). The van der Waals surface area contributed by atoms with E-state index >= 15 is 0 Å². The third kappa shape index (κ3) is 1.79. The van der Waals surface area contributed by atoms with E-state index in [1.165, 1.54) is 0 Å². The number of nitrogens with two attached hydrogens (primary N) is 1. The maximum absolute atomic E-state index is 5.94. The van der Waals surface area contributed by atoms with Crippen LogP contribution in [0.2, 0.25) is 0 Å². The van der Waals surface area contributed by atoms with Crippen molar-refractivity contribution >= 4 is 43.4 Å². The summed E-state index contributed by atoms with van der Waals surface area (Å²) >= 11 is 6.83. The number of amidine groups is 1. The Morgan fingerprint density at radius 1 is 1.36 bits per heavy atom. The van der Waals surface area contributed by atoms with Crippen molar-refractivity contribution in [1.82, 2.24) is 5.32 Å². The molecule has 0 saturated heterocycles. The Hall–Kier alpha value is -0.550. The fourth-order valence-electron chi connectivity index (χ4n) is 1.36. The van der Waals surface area contributed by atoms with Gasteiger partial charge in [-0.3, -0.25) is 4.99 Å². The average molecular weight is 319 g/mol. The fraction of sp³-hybridized carbons (Fsp3) is 0.222. The molecule has 1 aliphatic rings. The van der Waals surface area contributed by atoms with Crippen molar-refractivity contribution in [2.45, 2.75) is 0 Å². The van der Waals surface area contributed by atoms with Crippen molar-refractivity contribution in [1.29, 1.82) is 0 Å². The number of nitrogen functional groups attached to an aromatic ring is 1. The number of aliphatic imine (C=N–C) groups is 1. The van der Waals surface area contributed by atoms with E-state index in [0.717, 1.165) is 39.1 Å². The van der Waals surface area contributed by atoms with E-state index < -0.39 is 0 Å². The van der Waals surface area contributed by atoms with Crippen molar-refractivity contribution in [2.24, 2.45) is 4.99 Å². The summed E-state index contributed by atoms with van der Waals surface area (Å²) in [6.07, 6.45) is 0. The molecule has 0 radical (unpaired) electrons. The molecular weight excluding hydrogens is 310 g/mol. The van der Waals surface area contributed by atoms with Crippen molar-refractivity contribution in [3.8, 4) is 0 Å². The molecule has 3 N–H and O–H groups in total. The second kappa shape index (κ2) is 3.90. The first-order valence-electron chi connectivity index (χ1n) is 4.21. The van der Waals surface area contributed by atoms with Crippen LogP contribution in [0.4, 0.5) is 5.69 Å². The highest BCUT2D eigenvalue weighted by Gasteiger charge is 2.13. The summed E-state index contributed by atoms with van der Waals surface area (Å²) in [5.41, 5.74) is 7.61. The van der Waals surface area contributed by atoms with E-state index in [-0.39, 0.29) is 0 Å². The molecule has 0 aromatic heterocycles. The highest BCUT2D eigenvalue weighted by atomic mass is 79.9. The van der Waals surface area contributed by atoms with E-state index in [2.05, 4.69) is 42.2 Å². The number of nitrogens with zero attached hydrogens (tertiary/aromatic N) is 1. The SMILES string of the molecule is Nc1c(Br)cc(Br)cc1C1=NCCN1. The van der Waals surface area contributed by atoms with Crippen molar-refractivity contribution in [2.75, 3.05) is 18.8 Å². The van der Waals surface area contributed by atoms with E-state index in [4.69, 9.17) is 5.73 Å². The molecule has 0 fully saturated rings. The van der Waals surface area contributed by atoms with E-state index in [9.17, 15) is 0 Å². The predicted molar refractivity (Wildman–Crippen MR) is 65.7 cm³/mol. The molecule has 1 aromatic rings. The monoisotopic (exact) mass is 317 g/mol. The molecule has 0 unspecified atom stereocenters. The van der Waals surface area contributed by atoms with Crippen LogP contribution in [0.25, 0.3) is 0 Å². The molecule has 14 heavy (non-hydrogen) atoms. The normalized spacial score (nSPS) is 15.1. The van der Waals surface area contributed by atoms with E-state index in [1.54, 1.807) is 0 Å². The van der Waals surface area contributed by atoms with Gasteiger partial charge in [-0.1, -0.05) is 15.9 Å². The highest BCUT2D eigenvalue weighted by molar-refractivity contribution is 9.11. The van der Waals surface area contributed by atoms with E-state index in [0.29, 0.717) is 0 Å². The minimum atomic E-state index is 0.723. The number of hydrogen-bond donors (Lipinski definition) is 2. The molecule has 1 aliphatic heterocycles. The minimum Gasteiger partial charge on any atom is -0.397 e. The summed E-state index contributed by atoms with van der Waals surface area (Å²) in [5, 5.41) is 3.20. The summed E-state index contributed by atoms with van der Waals surface area (Å²) in [6, 6.07) is 3.89. The molecule has 1 heterocycles. The molecule has 0 aliphatic carbocycles. The molecule has 0 bridgehead atoms. The zero-order valence-corrected chi connectivity index (χ0v) is 10.5. The van der Waals surface area contributed by atoms with Gasteiger partial charge in [0.25, 0.3) is 0 Å². The van der Waals surface area contributed by atoms with Gasteiger partial charge in [0.2, 0.25) is 0 Å². The van der Waals surface area contributed by atoms with Gasteiger partial charge < -0.3 is 11.1 Å². The Morgan fingerprint density at radius 2 is 2.14 bits per heavy atom. The van der Waals surface area contributed by atoms with Gasteiger partial charge in [0.05, 0.1) is 12.2 Å². The summed E-state index contributed by atoms with van der Waals surface area (Å²) in [6.45, 7) is 1.71. The average Bonchev–Trinajstić information content (AvgIpc) is 2.63. The van der Waals surface area contributed by atoms with Crippen LogP contribution in [0.15, 0.2) is 26.1 Å². The standard InChI is InChI=1S/C9H9Br2N3/c10-5-3-6(8(12)7(11)4-5)9-13-1-2-14-9/h3-4H,1-2,12H2,(H,13,14). The van der Waals surface area contributed by atoms with Gasteiger partial charge in [0, 0.05) is 21.1 Å². The summed E-state index contributed by atoms with van der Waals surface area (Å²) < 4.78 is 1.88. The Morgan fingerprint density at radius 3 is 2.79 bits per heavy atom. The van der Waals surface area contributed by atoms with Crippen LogP contribution in [0.3, 0.4) is 0 Å². The second-order valence-electron chi connectivity index (χ2n) is 3.01. The number of hydrogen-bond acceptors (Lipinski definition) is 3. The first-order chi connectivity index (χ1) is 6.68. The minimum absolute atomic E-state index is 0.723. The first-order valence-corrected chi connectivity index (χ1v) is 5.80. The Bertz CT molecular complexity index is 401. The smallest absolute Gasteiger partial charge is 0.130 e. The fourth-order valence-corrected chi connectivity index (χ4v) is 2.58. The zero-order chi connectivity index (χ0) is 10.1. The third-order valence-corrected chi connectivity index (χ3v) is 3.14. The van der Waals surface area contributed by atoms with Gasteiger partial charge in [-0.15, -0.1) is 0 Å². The lowest BCUT2D eigenvalue weighted by atomic mass is 10.1. The lowest BCUT2D eigenvalue weighted by molar-refractivity contribution is 0.960. The quantitative estimate of drug-likeness (QED) is 0.779. The van der Waals surface area contributed by atoms with Gasteiger partial charge >= 0.3 is 0 Å². The molecular formula is C9H9Br2N3. The Kier molecular flexibility index (Phi) is 2.78. The topological polar surface area (TPSA) is 50.4 Å². The molecule has 1 aromatic carbocycles. The summed E-state index contributed by atoms with van der Waals surface area (Å²) in [7, 11) is 0. The third-order valence-electron chi connectivity index (χ3n) is 2.02. The number of rotatable bonds is 1. The van der Waals surface area contributed by atoms with Gasteiger partial charge in [-0.2, -0.15) is 0 Å². The van der Waals surface area contributed by atoms with Crippen LogP contribution in [-0.2, 0) is 0 Å². The number of halogens is 2. The second-order valence-corrected chi connectivity index (χ2v) is 4.78. The van der Waals surface area contributed by atoms with Crippen LogP contribution in [-0.4, -0.2) is 18.9 Å². The van der Waals surface area contributed by atoms with Gasteiger partial charge in [0.15, 0.2) is 0 Å². The van der Waals surface area contributed by atoms with E-state index in [1.807, 2.05) is 12.1 Å². The van der Waals surface area contributed by atoms with Crippen LogP contribution < -0.4 is 11.1 Å². The van der Waals surface area contributed by atoms with Crippen LogP contribution in [0.5, 0.6) is 0 Å². The number of anilines is 1. The van der Waals surface area contributed by atoms with Gasteiger partial charge in [-0.25, -0.2) is 0 Å². The van der Waals surface area contributed by atoms with Crippen molar-refractivity contribution in [3.05, 3.63) is 26.6 Å². The van der Waals surface area contributed by atoms with Gasteiger partial charge in [0.1, 0.15) is 5.84 Å². The maximum atomic E-state index is 5.94. The van der Waals surface area contributed by atoms with Crippen LogP contribution in [0.1, 0.15) is 5.56 Å².